The molecule has 1 aromatic rings. The lowest BCUT2D eigenvalue weighted by molar-refractivity contribution is 0.0211. The highest BCUT2D eigenvalue weighted by Crippen LogP contribution is 2.38. The van der Waals surface area contributed by atoms with E-state index in [1.807, 2.05) is 0 Å². The first-order chi connectivity index (χ1) is 10.3. The molecule has 1 atom stereocenters. The predicted molar refractivity (Wildman–Crippen MR) is 104 cm³/mol. The van der Waals surface area contributed by atoms with Gasteiger partial charge in [0.2, 0.25) is 0 Å². The van der Waals surface area contributed by atoms with Crippen molar-refractivity contribution >= 4 is 40.7 Å². The van der Waals surface area contributed by atoms with E-state index in [-0.39, 0.29) is 24.8 Å². The van der Waals surface area contributed by atoms with Crippen molar-refractivity contribution in [1.82, 2.24) is 10.2 Å². The van der Waals surface area contributed by atoms with Gasteiger partial charge in [0.1, 0.15) is 0 Å². The molecule has 23 heavy (non-hydrogen) atoms. The summed E-state index contributed by atoms with van der Waals surface area (Å²) in [5, 5.41) is 3.47. The molecule has 0 radical (unpaired) electrons. The van der Waals surface area contributed by atoms with Crippen LogP contribution in [-0.4, -0.2) is 44.3 Å². The normalized spacial score (nSPS) is 21.1. The van der Waals surface area contributed by atoms with Crippen molar-refractivity contribution in [3.63, 3.8) is 0 Å². The third-order valence-electron chi connectivity index (χ3n) is 4.73. The Balaban J connectivity index is 0.00000132. The Labute approximate surface area is 160 Å². The van der Waals surface area contributed by atoms with E-state index < -0.39 is 0 Å². The van der Waals surface area contributed by atoms with Crippen LogP contribution in [0.5, 0.6) is 0 Å². The fourth-order valence-electron chi connectivity index (χ4n) is 3.61. The molecule has 132 valence electrons. The van der Waals surface area contributed by atoms with Crippen LogP contribution in [0.1, 0.15) is 30.0 Å². The van der Waals surface area contributed by atoms with Crippen molar-refractivity contribution in [1.29, 1.82) is 0 Å². The van der Waals surface area contributed by atoms with Crippen molar-refractivity contribution in [3.8, 4) is 0 Å². The summed E-state index contributed by atoms with van der Waals surface area (Å²) in [5.74, 6) is 0.704. The first kappa shape index (κ1) is 21.2. The number of nitrogens with zero attached hydrogens (tertiary/aromatic N) is 1. The first-order valence-corrected chi connectivity index (χ1v) is 8.83. The minimum atomic E-state index is 0. The van der Waals surface area contributed by atoms with Gasteiger partial charge in [-0.3, -0.25) is 4.90 Å². The minimum Gasteiger partial charge on any atom is -0.381 e. The van der Waals surface area contributed by atoms with Crippen LogP contribution in [0.15, 0.2) is 22.7 Å². The zero-order chi connectivity index (χ0) is 14.7. The molecule has 0 bridgehead atoms. The SMILES string of the molecule is Cc1ccc([C@@H](C2CCOCC2)N2CCNCC2)c(Br)c1.Cl.Cl. The van der Waals surface area contributed by atoms with Gasteiger partial charge in [-0.25, -0.2) is 0 Å². The smallest absolute Gasteiger partial charge is 0.0469 e. The molecular formula is C17H27BrCl2N2O. The molecular weight excluding hydrogens is 399 g/mol. The maximum absolute atomic E-state index is 5.58. The lowest BCUT2D eigenvalue weighted by Gasteiger charge is -2.41. The average Bonchev–Trinajstić information content (AvgIpc) is 2.52. The van der Waals surface area contributed by atoms with E-state index in [0.717, 1.165) is 39.4 Å². The zero-order valence-corrected chi connectivity index (χ0v) is 16.8. The molecule has 2 aliphatic rings. The summed E-state index contributed by atoms with van der Waals surface area (Å²) in [7, 11) is 0. The van der Waals surface area contributed by atoms with Crippen molar-refractivity contribution in [2.24, 2.45) is 5.92 Å². The van der Waals surface area contributed by atoms with Gasteiger partial charge in [0.25, 0.3) is 0 Å². The van der Waals surface area contributed by atoms with Crippen LogP contribution in [-0.2, 0) is 4.74 Å². The first-order valence-electron chi connectivity index (χ1n) is 8.04. The van der Waals surface area contributed by atoms with Crippen LogP contribution in [0.25, 0.3) is 0 Å². The fraction of sp³-hybridized carbons (Fsp3) is 0.647. The Morgan fingerprint density at radius 2 is 1.83 bits per heavy atom. The predicted octanol–water partition coefficient (Wildman–Crippen LogP) is 3.97. The van der Waals surface area contributed by atoms with E-state index in [1.165, 1.54) is 28.4 Å². The molecule has 3 nitrogen and oxygen atoms in total. The monoisotopic (exact) mass is 424 g/mol. The Hall–Kier alpha value is 0.160. The van der Waals surface area contributed by atoms with E-state index in [0.29, 0.717) is 12.0 Å². The van der Waals surface area contributed by atoms with Crippen molar-refractivity contribution in [3.05, 3.63) is 33.8 Å². The van der Waals surface area contributed by atoms with Crippen LogP contribution in [0, 0.1) is 12.8 Å². The topological polar surface area (TPSA) is 24.5 Å². The molecule has 6 heteroatoms. The number of hydrogen-bond donors (Lipinski definition) is 1. The van der Waals surface area contributed by atoms with Crippen LogP contribution in [0.3, 0.4) is 0 Å². The number of nitrogens with one attached hydrogen (secondary N) is 1. The lowest BCUT2D eigenvalue weighted by Crippen LogP contribution is -2.47. The maximum atomic E-state index is 5.58. The number of piperazine rings is 1. The molecule has 0 amide bonds. The number of ether oxygens (including phenoxy) is 1. The summed E-state index contributed by atoms with van der Waals surface area (Å²) in [4.78, 5) is 2.67. The third-order valence-corrected chi connectivity index (χ3v) is 5.42. The third kappa shape index (κ3) is 5.32. The van der Waals surface area contributed by atoms with Crippen molar-refractivity contribution in [2.75, 3.05) is 39.4 Å². The van der Waals surface area contributed by atoms with Gasteiger partial charge in [-0.05, 0) is 42.9 Å². The molecule has 0 saturated carbocycles. The average molecular weight is 426 g/mol. The molecule has 1 N–H and O–H groups in total. The molecule has 2 fully saturated rings. The summed E-state index contributed by atoms with van der Waals surface area (Å²) in [6.07, 6.45) is 2.35. The van der Waals surface area contributed by atoms with Crippen LogP contribution in [0.2, 0.25) is 0 Å². The van der Waals surface area contributed by atoms with Crippen molar-refractivity contribution in [2.45, 2.75) is 25.8 Å². The van der Waals surface area contributed by atoms with Gasteiger partial charge in [-0.15, -0.1) is 24.8 Å². The molecule has 2 heterocycles. The highest BCUT2D eigenvalue weighted by atomic mass is 79.9. The van der Waals surface area contributed by atoms with Crippen LogP contribution < -0.4 is 5.32 Å². The quantitative estimate of drug-likeness (QED) is 0.792. The molecule has 0 aliphatic carbocycles. The van der Waals surface area contributed by atoms with Gasteiger partial charge in [-0.2, -0.15) is 0 Å². The second kappa shape index (κ2) is 10.2. The van der Waals surface area contributed by atoms with Gasteiger partial charge >= 0.3 is 0 Å². The molecule has 0 spiro atoms. The number of benzene rings is 1. The van der Waals surface area contributed by atoms with E-state index in [4.69, 9.17) is 4.74 Å². The summed E-state index contributed by atoms with van der Waals surface area (Å²) in [6, 6.07) is 7.34. The Kier molecular flexibility index (Phi) is 9.42. The van der Waals surface area contributed by atoms with Crippen LogP contribution in [0.4, 0.5) is 0 Å². The molecule has 0 unspecified atom stereocenters. The summed E-state index contributed by atoms with van der Waals surface area (Å²) < 4.78 is 6.84. The van der Waals surface area contributed by atoms with Crippen LogP contribution >= 0.6 is 40.7 Å². The summed E-state index contributed by atoms with van der Waals surface area (Å²) >= 11 is 3.81. The fourth-order valence-corrected chi connectivity index (χ4v) is 4.34. The zero-order valence-electron chi connectivity index (χ0n) is 13.6. The van der Waals surface area contributed by atoms with E-state index >= 15 is 0 Å². The second-order valence-electron chi connectivity index (χ2n) is 6.21. The van der Waals surface area contributed by atoms with E-state index in [1.54, 1.807) is 0 Å². The largest absolute Gasteiger partial charge is 0.381 e. The molecule has 3 rings (SSSR count). The molecule has 0 aromatic heterocycles. The van der Waals surface area contributed by atoms with E-state index in [9.17, 15) is 0 Å². The highest BCUT2D eigenvalue weighted by molar-refractivity contribution is 9.10. The Bertz CT molecular complexity index is 460. The second-order valence-corrected chi connectivity index (χ2v) is 7.06. The summed E-state index contributed by atoms with van der Waals surface area (Å²) in [5.41, 5.74) is 2.77. The van der Waals surface area contributed by atoms with Gasteiger partial charge in [-0.1, -0.05) is 28.1 Å². The van der Waals surface area contributed by atoms with Gasteiger partial charge in [0.15, 0.2) is 0 Å². The Morgan fingerprint density at radius 1 is 1.17 bits per heavy atom. The standard InChI is InChI=1S/C17H25BrN2O.2ClH/c1-13-2-3-15(16(18)12-13)17(14-4-10-21-11-5-14)20-8-6-19-7-9-20;;/h2-3,12,14,17,19H,4-11H2,1H3;2*1H/t17-;;/m1../s1. The lowest BCUT2D eigenvalue weighted by atomic mass is 9.85. The Morgan fingerprint density at radius 3 is 2.43 bits per heavy atom. The van der Waals surface area contributed by atoms with Crippen molar-refractivity contribution < 1.29 is 4.74 Å². The minimum absolute atomic E-state index is 0. The van der Waals surface area contributed by atoms with E-state index in [2.05, 4.69) is 51.3 Å². The number of hydrogen-bond acceptors (Lipinski definition) is 3. The molecule has 1 aromatic carbocycles. The van der Waals surface area contributed by atoms with Gasteiger partial charge in [0, 0.05) is 49.9 Å². The maximum Gasteiger partial charge on any atom is 0.0469 e. The number of aryl methyl sites for hydroxylation is 1. The molecule has 2 saturated heterocycles. The highest BCUT2D eigenvalue weighted by Gasteiger charge is 2.32. The number of halogens is 3. The van der Waals surface area contributed by atoms with Gasteiger partial charge < -0.3 is 10.1 Å². The molecule has 2 aliphatic heterocycles. The summed E-state index contributed by atoms with van der Waals surface area (Å²) in [6.45, 7) is 8.47. The number of rotatable bonds is 3. The van der Waals surface area contributed by atoms with Gasteiger partial charge in [0.05, 0.1) is 0 Å².